The van der Waals surface area contributed by atoms with Gasteiger partial charge in [-0.25, -0.2) is 0 Å². The Morgan fingerprint density at radius 3 is 2.08 bits per heavy atom. The van der Waals surface area contributed by atoms with E-state index in [9.17, 15) is 0 Å². The number of nitrogens with two attached hydrogens (primary N) is 1. The van der Waals surface area contributed by atoms with Gasteiger partial charge in [0.25, 0.3) is 0 Å². The summed E-state index contributed by atoms with van der Waals surface area (Å²) in [5.74, 6) is 0. The molecule has 1 unspecified atom stereocenters. The van der Waals surface area contributed by atoms with Crippen molar-refractivity contribution in [3.05, 3.63) is 0 Å². The molecule has 1 rings (SSSR count). The van der Waals surface area contributed by atoms with Gasteiger partial charge in [-0.15, -0.1) is 24.8 Å². The van der Waals surface area contributed by atoms with Gasteiger partial charge in [-0.1, -0.05) is 6.42 Å². The van der Waals surface area contributed by atoms with E-state index in [0.29, 0.717) is 6.04 Å². The molecule has 76 valence electrons. The highest BCUT2D eigenvalue weighted by molar-refractivity contribution is 5.85. The molecule has 1 heterocycles. The van der Waals surface area contributed by atoms with Crippen LogP contribution < -0.4 is 5.73 Å². The Bertz CT molecular complexity index is 93.1. The Morgan fingerprint density at radius 2 is 1.67 bits per heavy atom. The van der Waals surface area contributed by atoms with E-state index in [4.69, 9.17) is 5.73 Å². The van der Waals surface area contributed by atoms with E-state index in [1.165, 1.54) is 32.4 Å². The van der Waals surface area contributed by atoms with Gasteiger partial charge in [-0.3, -0.25) is 0 Å². The normalized spacial score (nSPS) is 20.5. The lowest BCUT2D eigenvalue weighted by Gasteiger charge is -2.27. The van der Waals surface area contributed by atoms with E-state index in [-0.39, 0.29) is 24.8 Å². The molecule has 0 aromatic heterocycles. The summed E-state index contributed by atoms with van der Waals surface area (Å²) in [6.45, 7) is 5.69. The number of likely N-dealkylation sites (tertiary alicyclic amines) is 1. The van der Waals surface area contributed by atoms with Crippen molar-refractivity contribution in [2.24, 2.45) is 5.73 Å². The predicted molar refractivity (Wildman–Crippen MR) is 58.4 cm³/mol. The summed E-state index contributed by atoms with van der Waals surface area (Å²) in [7, 11) is 0. The standard InChI is InChI=1S/C8H18N2.2ClH/c1-8(9)7-10-5-3-2-4-6-10;;/h8H,2-7,9H2,1H3;2*1H. The first kappa shape index (κ1) is 15.0. The van der Waals surface area contributed by atoms with E-state index < -0.39 is 0 Å². The first-order valence-corrected chi connectivity index (χ1v) is 4.27. The van der Waals surface area contributed by atoms with E-state index in [0.717, 1.165) is 6.54 Å². The summed E-state index contributed by atoms with van der Waals surface area (Å²) in [6, 6.07) is 0.345. The third kappa shape index (κ3) is 6.06. The predicted octanol–water partition coefficient (Wildman–Crippen LogP) is 1.66. The van der Waals surface area contributed by atoms with Crippen molar-refractivity contribution in [3.63, 3.8) is 0 Å². The van der Waals surface area contributed by atoms with Gasteiger partial charge in [0.15, 0.2) is 0 Å². The zero-order valence-electron chi connectivity index (χ0n) is 7.66. The van der Waals surface area contributed by atoms with Crippen LogP contribution in [0.15, 0.2) is 0 Å². The Morgan fingerprint density at radius 1 is 1.17 bits per heavy atom. The molecule has 0 aromatic carbocycles. The Labute approximate surface area is 87.7 Å². The van der Waals surface area contributed by atoms with Crippen molar-refractivity contribution < 1.29 is 0 Å². The highest BCUT2D eigenvalue weighted by atomic mass is 35.5. The molecule has 0 radical (unpaired) electrons. The molecule has 12 heavy (non-hydrogen) atoms. The average Bonchev–Trinajstić information content (AvgIpc) is 1.88. The van der Waals surface area contributed by atoms with Gasteiger partial charge >= 0.3 is 0 Å². The van der Waals surface area contributed by atoms with Crippen molar-refractivity contribution in [2.45, 2.75) is 32.2 Å². The summed E-state index contributed by atoms with van der Waals surface area (Å²) >= 11 is 0. The van der Waals surface area contributed by atoms with Crippen LogP contribution in [0.1, 0.15) is 26.2 Å². The average molecular weight is 215 g/mol. The van der Waals surface area contributed by atoms with Crippen molar-refractivity contribution in [2.75, 3.05) is 19.6 Å². The van der Waals surface area contributed by atoms with E-state index in [1.807, 2.05) is 0 Å². The molecule has 0 amide bonds. The van der Waals surface area contributed by atoms with Crippen molar-refractivity contribution in [3.8, 4) is 0 Å². The molecule has 2 N–H and O–H groups in total. The molecule has 0 aliphatic carbocycles. The molecule has 0 saturated carbocycles. The first-order chi connectivity index (χ1) is 4.79. The largest absolute Gasteiger partial charge is 0.327 e. The van der Waals surface area contributed by atoms with Crippen LogP contribution in [0.4, 0.5) is 0 Å². The number of halogens is 2. The number of hydrogen-bond donors (Lipinski definition) is 1. The van der Waals surface area contributed by atoms with Crippen molar-refractivity contribution >= 4 is 24.8 Å². The SMILES string of the molecule is CC(N)CN1CCCCC1.Cl.Cl. The van der Waals surface area contributed by atoms with Crippen LogP contribution in [0.2, 0.25) is 0 Å². The van der Waals surface area contributed by atoms with Gasteiger partial charge in [-0.05, 0) is 32.9 Å². The van der Waals surface area contributed by atoms with E-state index in [1.54, 1.807) is 0 Å². The monoisotopic (exact) mass is 214 g/mol. The minimum absolute atomic E-state index is 0. The summed E-state index contributed by atoms with van der Waals surface area (Å²) in [6.07, 6.45) is 4.15. The molecule has 4 heteroatoms. The summed E-state index contributed by atoms with van der Waals surface area (Å²) in [4.78, 5) is 2.47. The maximum absolute atomic E-state index is 5.68. The lowest BCUT2D eigenvalue weighted by Crippen LogP contribution is -2.38. The summed E-state index contributed by atoms with van der Waals surface area (Å²) < 4.78 is 0. The quantitative estimate of drug-likeness (QED) is 0.759. The van der Waals surface area contributed by atoms with Crippen LogP contribution in [-0.4, -0.2) is 30.6 Å². The maximum Gasteiger partial charge on any atom is 0.0139 e. The molecule has 1 saturated heterocycles. The minimum atomic E-state index is 0. The molecule has 2 nitrogen and oxygen atoms in total. The van der Waals surface area contributed by atoms with Crippen LogP contribution in [0.3, 0.4) is 0 Å². The van der Waals surface area contributed by atoms with Crippen molar-refractivity contribution in [1.82, 2.24) is 4.90 Å². The van der Waals surface area contributed by atoms with Gasteiger partial charge in [0, 0.05) is 12.6 Å². The highest BCUT2D eigenvalue weighted by Crippen LogP contribution is 2.07. The number of rotatable bonds is 2. The Balaban J connectivity index is 0. The number of hydrogen-bond acceptors (Lipinski definition) is 2. The minimum Gasteiger partial charge on any atom is -0.327 e. The second-order valence-electron chi connectivity index (χ2n) is 3.34. The van der Waals surface area contributed by atoms with E-state index >= 15 is 0 Å². The zero-order chi connectivity index (χ0) is 7.40. The fraction of sp³-hybridized carbons (Fsp3) is 1.00. The molecular formula is C8H20Cl2N2. The zero-order valence-corrected chi connectivity index (χ0v) is 9.29. The first-order valence-electron chi connectivity index (χ1n) is 4.27. The molecule has 0 aromatic rings. The maximum atomic E-state index is 5.68. The van der Waals surface area contributed by atoms with Crippen LogP contribution in [0, 0.1) is 0 Å². The molecule has 1 aliphatic heterocycles. The molecular weight excluding hydrogens is 195 g/mol. The van der Waals surface area contributed by atoms with Gasteiger partial charge in [-0.2, -0.15) is 0 Å². The van der Waals surface area contributed by atoms with Gasteiger partial charge in [0.2, 0.25) is 0 Å². The summed E-state index contributed by atoms with van der Waals surface area (Å²) in [5, 5.41) is 0. The fourth-order valence-corrected chi connectivity index (χ4v) is 1.55. The van der Waals surface area contributed by atoms with Crippen LogP contribution >= 0.6 is 24.8 Å². The van der Waals surface area contributed by atoms with Gasteiger partial charge < -0.3 is 10.6 Å². The van der Waals surface area contributed by atoms with E-state index in [2.05, 4.69) is 11.8 Å². The third-order valence-corrected chi connectivity index (χ3v) is 1.99. The second-order valence-corrected chi connectivity index (χ2v) is 3.34. The lowest BCUT2D eigenvalue weighted by molar-refractivity contribution is 0.219. The smallest absolute Gasteiger partial charge is 0.0139 e. The van der Waals surface area contributed by atoms with Crippen molar-refractivity contribution in [1.29, 1.82) is 0 Å². The summed E-state index contributed by atoms with van der Waals surface area (Å²) in [5.41, 5.74) is 5.68. The molecule has 1 fully saturated rings. The Kier molecular flexibility index (Phi) is 10.1. The molecule has 0 bridgehead atoms. The van der Waals surface area contributed by atoms with Gasteiger partial charge in [0.05, 0.1) is 0 Å². The lowest BCUT2D eigenvalue weighted by atomic mass is 10.1. The molecule has 1 aliphatic rings. The van der Waals surface area contributed by atoms with Crippen LogP contribution in [-0.2, 0) is 0 Å². The number of piperidine rings is 1. The molecule has 0 spiro atoms. The highest BCUT2D eigenvalue weighted by Gasteiger charge is 2.10. The topological polar surface area (TPSA) is 29.3 Å². The molecule has 1 atom stereocenters. The Hall–Kier alpha value is 0.500. The second kappa shape index (κ2) is 8.11. The van der Waals surface area contributed by atoms with Crippen LogP contribution in [0.25, 0.3) is 0 Å². The third-order valence-electron chi connectivity index (χ3n) is 1.99. The van der Waals surface area contributed by atoms with Crippen LogP contribution in [0.5, 0.6) is 0 Å². The van der Waals surface area contributed by atoms with Gasteiger partial charge in [0.1, 0.15) is 0 Å². The fourth-order valence-electron chi connectivity index (χ4n) is 1.55. The number of nitrogens with zero attached hydrogens (tertiary/aromatic N) is 1.